The quantitative estimate of drug-likeness (QED) is 0.775. The second kappa shape index (κ2) is 7.93. The zero-order chi connectivity index (χ0) is 15.0. The molecule has 108 valence electrons. The number of methoxy groups -OCH3 is 1. The van der Waals surface area contributed by atoms with Gasteiger partial charge >= 0.3 is 12.0 Å². The van der Waals surface area contributed by atoms with E-state index in [-0.39, 0.29) is 25.2 Å². The average molecular weight is 278 g/mol. The minimum Gasteiger partial charge on any atom is -0.469 e. The zero-order valence-electron chi connectivity index (χ0n) is 11.6. The molecule has 0 fully saturated rings. The number of carbonyl (C=O) groups excluding carboxylic acids is 3. The summed E-state index contributed by atoms with van der Waals surface area (Å²) in [4.78, 5) is 33.8. The zero-order valence-corrected chi connectivity index (χ0v) is 11.6. The number of hydrogen-bond donors (Lipinski definition) is 2. The molecule has 0 aliphatic heterocycles. The maximum absolute atomic E-state index is 11.6. The Morgan fingerprint density at radius 3 is 2.60 bits per heavy atom. The molecule has 2 amide bonds. The summed E-state index contributed by atoms with van der Waals surface area (Å²) >= 11 is 0. The standard InChI is InChI=1S/C14H18N2O4/c1-10-4-3-5-11(8-10)16-14(19)15-9-12(17)6-7-13(18)20-2/h3-5,8H,6-7,9H2,1-2H3,(H2,15,16,19). The van der Waals surface area contributed by atoms with Crippen LogP contribution in [-0.4, -0.2) is 31.4 Å². The van der Waals surface area contributed by atoms with E-state index in [9.17, 15) is 14.4 Å². The van der Waals surface area contributed by atoms with Crippen molar-refractivity contribution in [3.05, 3.63) is 29.8 Å². The van der Waals surface area contributed by atoms with Gasteiger partial charge in [0.2, 0.25) is 0 Å². The van der Waals surface area contributed by atoms with Crippen molar-refractivity contribution in [1.29, 1.82) is 0 Å². The van der Waals surface area contributed by atoms with Crippen LogP contribution in [0.4, 0.5) is 10.5 Å². The molecule has 6 nitrogen and oxygen atoms in total. The number of amides is 2. The predicted octanol–water partition coefficient (Wildman–Crippen LogP) is 1.64. The number of urea groups is 1. The van der Waals surface area contributed by atoms with Gasteiger partial charge in [-0.15, -0.1) is 0 Å². The summed E-state index contributed by atoms with van der Waals surface area (Å²) in [6.07, 6.45) is 0.0773. The van der Waals surface area contributed by atoms with Gasteiger partial charge in [-0.25, -0.2) is 4.79 Å². The number of hydrogen-bond acceptors (Lipinski definition) is 4. The molecule has 0 unspecified atom stereocenters. The molecule has 20 heavy (non-hydrogen) atoms. The van der Waals surface area contributed by atoms with Crippen molar-refractivity contribution < 1.29 is 19.1 Å². The highest BCUT2D eigenvalue weighted by Gasteiger charge is 2.08. The Labute approximate surface area is 117 Å². The normalized spacial score (nSPS) is 9.70. The number of carbonyl (C=O) groups is 3. The Morgan fingerprint density at radius 1 is 1.20 bits per heavy atom. The van der Waals surface area contributed by atoms with Gasteiger partial charge in [-0.3, -0.25) is 9.59 Å². The van der Waals surface area contributed by atoms with Gasteiger partial charge in [-0.1, -0.05) is 12.1 Å². The molecule has 0 aliphatic carbocycles. The van der Waals surface area contributed by atoms with Crippen molar-refractivity contribution in [3.8, 4) is 0 Å². The third-order valence-corrected chi connectivity index (χ3v) is 2.56. The van der Waals surface area contributed by atoms with Crippen molar-refractivity contribution >= 4 is 23.5 Å². The SMILES string of the molecule is COC(=O)CCC(=O)CNC(=O)Nc1cccc(C)c1. The van der Waals surface area contributed by atoms with Gasteiger partial charge in [0, 0.05) is 12.1 Å². The number of Topliss-reactive ketones (excluding diaryl/α,β-unsaturated/α-hetero) is 1. The van der Waals surface area contributed by atoms with Crippen LogP contribution in [0, 0.1) is 6.92 Å². The van der Waals surface area contributed by atoms with Gasteiger partial charge in [0.15, 0.2) is 5.78 Å². The van der Waals surface area contributed by atoms with E-state index in [4.69, 9.17) is 0 Å². The van der Waals surface area contributed by atoms with E-state index in [2.05, 4.69) is 15.4 Å². The summed E-state index contributed by atoms with van der Waals surface area (Å²) in [6, 6.07) is 6.86. The summed E-state index contributed by atoms with van der Waals surface area (Å²) in [5.41, 5.74) is 1.68. The van der Waals surface area contributed by atoms with E-state index in [1.165, 1.54) is 7.11 Å². The van der Waals surface area contributed by atoms with E-state index in [0.717, 1.165) is 5.56 Å². The molecule has 0 aromatic heterocycles. The molecule has 0 heterocycles. The van der Waals surface area contributed by atoms with Crippen LogP contribution in [0.2, 0.25) is 0 Å². The van der Waals surface area contributed by atoms with Crippen LogP contribution in [-0.2, 0) is 14.3 Å². The van der Waals surface area contributed by atoms with Crippen LogP contribution in [0.5, 0.6) is 0 Å². The number of nitrogens with one attached hydrogen (secondary N) is 2. The van der Waals surface area contributed by atoms with Gasteiger partial charge < -0.3 is 15.4 Å². The minimum atomic E-state index is -0.456. The van der Waals surface area contributed by atoms with Gasteiger partial charge in [-0.2, -0.15) is 0 Å². The van der Waals surface area contributed by atoms with Crippen LogP contribution in [0.1, 0.15) is 18.4 Å². The van der Waals surface area contributed by atoms with Crippen molar-refractivity contribution in [2.75, 3.05) is 19.0 Å². The second-order valence-electron chi connectivity index (χ2n) is 4.29. The molecule has 2 N–H and O–H groups in total. The van der Waals surface area contributed by atoms with Gasteiger partial charge in [0.25, 0.3) is 0 Å². The summed E-state index contributed by atoms with van der Waals surface area (Å²) in [6.45, 7) is 1.80. The first-order valence-electron chi connectivity index (χ1n) is 6.21. The highest BCUT2D eigenvalue weighted by Crippen LogP contribution is 2.08. The fourth-order valence-corrected chi connectivity index (χ4v) is 1.51. The summed E-state index contributed by atoms with van der Waals surface area (Å²) in [5.74, 6) is -0.669. The van der Waals surface area contributed by atoms with Crippen LogP contribution in [0.25, 0.3) is 0 Å². The Hall–Kier alpha value is -2.37. The molecule has 0 saturated carbocycles. The van der Waals surface area contributed by atoms with E-state index in [1.54, 1.807) is 6.07 Å². The lowest BCUT2D eigenvalue weighted by Crippen LogP contribution is -2.33. The first kappa shape index (κ1) is 15.7. The fraction of sp³-hybridized carbons (Fsp3) is 0.357. The lowest BCUT2D eigenvalue weighted by Gasteiger charge is -2.07. The molecule has 0 aliphatic rings. The minimum absolute atomic E-state index is 0.0243. The average Bonchev–Trinajstić information content (AvgIpc) is 2.42. The number of benzene rings is 1. The monoisotopic (exact) mass is 278 g/mol. The molecular weight excluding hydrogens is 260 g/mol. The summed E-state index contributed by atoms with van der Waals surface area (Å²) in [7, 11) is 1.26. The third-order valence-electron chi connectivity index (χ3n) is 2.56. The van der Waals surface area contributed by atoms with Crippen molar-refractivity contribution in [3.63, 3.8) is 0 Å². The van der Waals surface area contributed by atoms with Crippen LogP contribution >= 0.6 is 0 Å². The Kier molecular flexibility index (Phi) is 6.22. The molecule has 0 spiro atoms. The molecule has 0 atom stereocenters. The highest BCUT2D eigenvalue weighted by molar-refractivity contribution is 5.93. The lowest BCUT2D eigenvalue weighted by molar-refractivity contribution is -0.141. The lowest BCUT2D eigenvalue weighted by atomic mass is 10.2. The molecule has 6 heteroatoms. The molecule has 1 aromatic carbocycles. The molecule has 1 aromatic rings. The largest absolute Gasteiger partial charge is 0.469 e. The van der Waals surface area contributed by atoms with Gasteiger partial charge in [0.1, 0.15) is 0 Å². The molecule has 1 rings (SSSR count). The van der Waals surface area contributed by atoms with Crippen LogP contribution in [0.15, 0.2) is 24.3 Å². The number of anilines is 1. The predicted molar refractivity (Wildman–Crippen MR) is 74.5 cm³/mol. The van der Waals surface area contributed by atoms with Crippen molar-refractivity contribution in [2.45, 2.75) is 19.8 Å². The van der Waals surface area contributed by atoms with Crippen LogP contribution in [0.3, 0.4) is 0 Å². The van der Waals surface area contributed by atoms with Gasteiger partial charge in [-0.05, 0) is 24.6 Å². The van der Waals surface area contributed by atoms with Crippen molar-refractivity contribution in [2.24, 2.45) is 0 Å². The summed E-state index contributed by atoms with van der Waals surface area (Å²) < 4.78 is 4.43. The Bertz CT molecular complexity index is 500. The molecule has 0 saturated heterocycles. The molecular formula is C14H18N2O4. The highest BCUT2D eigenvalue weighted by atomic mass is 16.5. The number of aryl methyl sites for hydroxylation is 1. The number of esters is 1. The Balaban J connectivity index is 2.29. The van der Waals surface area contributed by atoms with E-state index in [0.29, 0.717) is 5.69 Å². The Morgan fingerprint density at radius 2 is 1.95 bits per heavy atom. The molecule has 0 radical (unpaired) electrons. The first-order chi connectivity index (χ1) is 9.51. The van der Waals surface area contributed by atoms with Crippen molar-refractivity contribution in [1.82, 2.24) is 5.32 Å². The third kappa shape index (κ3) is 5.99. The maximum atomic E-state index is 11.6. The second-order valence-corrected chi connectivity index (χ2v) is 4.29. The smallest absolute Gasteiger partial charge is 0.319 e. The van der Waals surface area contributed by atoms with Crippen LogP contribution < -0.4 is 10.6 Å². The fourth-order valence-electron chi connectivity index (χ4n) is 1.51. The van der Waals surface area contributed by atoms with E-state index >= 15 is 0 Å². The van der Waals surface area contributed by atoms with Gasteiger partial charge in [0.05, 0.1) is 20.1 Å². The molecule has 0 bridgehead atoms. The summed E-state index contributed by atoms with van der Waals surface area (Å²) in [5, 5.41) is 5.06. The number of rotatable bonds is 6. The first-order valence-corrected chi connectivity index (χ1v) is 6.21. The van der Waals surface area contributed by atoms with E-state index < -0.39 is 12.0 Å². The number of ketones is 1. The van der Waals surface area contributed by atoms with E-state index in [1.807, 2.05) is 25.1 Å². The maximum Gasteiger partial charge on any atom is 0.319 e. The topological polar surface area (TPSA) is 84.5 Å². The number of ether oxygens (including phenoxy) is 1.